The molecule has 0 saturated carbocycles. The minimum absolute atomic E-state index is 0.127. The lowest BCUT2D eigenvalue weighted by molar-refractivity contribution is 0.139. The zero-order valence-corrected chi connectivity index (χ0v) is 15.7. The molecule has 140 valence electrons. The highest BCUT2D eigenvalue weighted by molar-refractivity contribution is 5.74. The Hall–Kier alpha value is -1.56. The van der Waals surface area contributed by atoms with Gasteiger partial charge in [0.1, 0.15) is 0 Å². The summed E-state index contributed by atoms with van der Waals surface area (Å²) in [5, 5.41) is 3.19. The quantitative estimate of drug-likeness (QED) is 0.890. The van der Waals surface area contributed by atoms with Crippen molar-refractivity contribution in [3.63, 3.8) is 0 Å². The summed E-state index contributed by atoms with van der Waals surface area (Å²) >= 11 is 0. The maximum atomic E-state index is 12.5. The Morgan fingerprint density at radius 3 is 2.68 bits per heavy atom. The van der Waals surface area contributed by atoms with Gasteiger partial charge in [0, 0.05) is 44.6 Å². The van der Waals surface area contributed by atoms with E-state index in [0.717, 1.165) is 45.7 Å². The van der Waals surface area contributed by atoms with Crippen LogP contribution in [-0.2, 0) is 6.54 Å². The van der Waals surface area contributed by atoms with Gasteiger partial charge in [-0.2, -0.15) is 0 Å². The molecular formula is C19H33N5O. The van der Waals surface area contributed by atoms with Gasteiger partial charge >= 0.3 is 6.03 Å². The molecule has 2 amide bonds. The molecule has 1 aromatic heterocycles. The second-order valence-electron chi connectivity index (χ2n) is 7.97. The Labute approximate surface area is 151 Å². The van der Waals surface area contributed by atoms with E-state index in [0.29, 0.717) is 17.9 Å². The predicted octanol–water partition coefficient (Wildman–Crippen LogP) is 2.43. The second-order valence-corrected chi connectivity index (χ2v) is 7.97. The zero-order chi connectivity index (χ0) is 17.6. The number of aromatic nitrogens is 2. The van der Waals surface area contributed by atoms with Gasteiger partial charge in [0.05, 0.1) is 6.33 Å². The average Bonchev–Trinajstić information content (AvgIpc) is 3.13. The van der Waals surface area contributed by atoms with E-state index in [1.54, 1.807) is 0 Å². The first-order valence-electron chi connectivity index (χ1n) is 9.84. The van der Waals surface area contributed by atoms with E-state index in [4.69, 9.17) is 0 Å². The Morgan fingerprint density at radius 1 is 1.20 bits per heavy atom. The van der Waals surface area contributed by atoms with Gasteiger partial charge < -0.3 is 19.7 Å². The lowest BCUT2D eigenvalue weighted by atomic mass is 9.96. The Bertz CT molecular complexity index is 522. The molecule has 3 rings (SSSR count). The molecule has 0 unspecified atom stereocenters. The predicted molar refractivity (Wildman–Crippen MR) is 99.4 cm³/mol. The van der Waals surface area contributed by atoms with Gasteiger partial charge in [0.25, 0.3) is 0 Å². The number of nitrogens with zero attached hydrogens (tertiary/aromatic N) is 4. The number of carbonyl (C=O) groups excluding carboxylic acids is 1. The molecule has 2 aliphatic rings. The van der Waals surface area contributed by atoms with Gasteiger partial charge in [-0.05, 0) is 64.5 Å². The van der Waals surface area contributed by atoms with Crippen molar-refractivity contribution in [3.05, 3.63) is 18.7 Å². The lowest BCUT2D eigenvalue weighted by Gasteiger charge is -2.36. The van der Waals surface area contributed by atoms with Crippen molar-refractivity contribution in [2.75, 3.05) is 32.7 Å². The van der Waals surface area contributed by atoms with E-state index in [9.17, 15) is 4.79 Å². The summed E-state index contributed by atoms with van der Waals surface area (Å²) in [6.45, 7) is 10.4. The highest BCUT2D eigenvalue weighted by Crippen LogP contribution is 2.20. The minimum atomic E-state index is 0.127. The molecule has 1 N–H and O–H groups in total. The largest absolute Gasteiger partial charge is 0.338 e. The van der Waals surface area contributed by atoms with Crippen molar-refractivity contribution >= 4 is 6.03 Å². The van der Waals surface area contributed by atoms with E-state index in [2.05, 4.69) is 33.6 Å². The molecule has 1 aromatic rings. The van der Waals surface area contributed by atoms with Crippen molar-refractivity contribution in [2.24, 2.45) is 11.8 Å². The van der Waals surface area contributed by atoms with Crippen molar-refractivity contribution in [2.45, 2.75) is 52.1 Å². The number of piperidine rings is 2. The first kappa shape index (κ1) is 18.2. The van der Waals surface area contributed by atoms with E-state index in [-0.39, 0.29) is 6.03 Å². The molecule has 6 heteroatoms. The molecule has 1 atom stereocenters. The van der Waals surface area contributed by atoms with Crippen LogP contribution in [0.2, 0.25) is 0 Å². The fourth-order valence-electron chi connectivity index (χ4n) is 4.11. The van der Waals surface area contributed by atoms with Crippen LogP contribution >= 0.6 is 0 Å². The fraction of sp³-hybridized carbons (Fsp3) is 0.789. The van der Waals surface area contributed by atoms with Crippen LogP contribution in [-0.4, -0.2) is 64.1 Å². The van der Waals surface area contributed by atoms with Crippen LogP contribution in [0.5, 0.6) is 0 Å². The third kappa shape index (κ3) is 5.21. The van der Waals surface area contributed by atoms with E-state index in [1.165, 1.54) is 19.3 Å². The van der Waals surface area contributed by atoms with Gasteiger partial charge in [-0.25, -0.2) is 9.78 Å². The molecule has 0 aromatic carbocycles. The van der Waals surface area contributed by atoms with Gasteiger partial charge in [-0.3, -0.25) is 0 Å². The first-order valence-corrected chi connectivity index (χ1v) is 9.84. The van der Waals surface area contributed by atoms with Crippen LogP contribution in [0.25, 0.3) is 0 Å². The molecule has 6 nitrogen and oxygen atoms in total. The summed E-state index contributed by atoms with van der Waals surface area (Å²) in [5.41, 5.74) is 0. The number of carbonyl (C=O) groups is 1. The molecule has 0 bridgehead atoms. The number of hydrogen-bond acceptors (Lipinski definition) is 3. The Kier molecular flexibility index (Phi) is 6.34. The van der Waals surface area contributed by atoms with Crippen molar-refractivity contribution in [1.29, 1.82) is 0 Å². The maximum absolute atomic E-state index is 12.5. The molecule has 2 fully saturated rings. The van der Waals surface area contributed by atoms with E-state index < -0.39 is 0 Å². The first-order chi connectivity index (χ1) is 12.1. The van der Waals surface area contributed by atoms with Crippen LogP contribution in [0.15, 0.2) is 18.7 Å². The molecule has 25 heavy (non-hydrogen) atoms. The van der Waals surface area contributed by atoms with Gasteiger partial charge in [-0.1, -0.05) is 0 Å². The summed E-state index contributed by atoms with van der Waals surface area (Å²) in [6, 6.07) is 0.762. The second kappa shape index (κ2) is 8.70. The van der Waals surface area contributed by atoms with Crippen molar-refractivity contribution < 1.29 is 4.79 Å². The standard InChI is InChI=1S/C19H33N5O/c1-16(2)23-9-5-17(6-10-23)12-21-19(25)24-8-3-4-18(14-24)13-22-11-7-20-15-22/h7,11,15-18H,3-6,8-10,12-14H2,1-2H3,(H,21,25)/t18-/m1/s1. The molecule has 0 spiro atoms. The van der Waals surface area contributed by atoms with E-state index >= 15 is 0 Å². The van der Waals surface area contributed by atoms with Crippen LogP contribution in [0.1, 0.15) is 39.5 Å². The van der Waals surface area contributed by atoms with Crippen molar-refractivity contribution in [1.82, 2.24) is 24.7 Å². The van der Waals surface area contributed by atoms with Crippen LogP contribution in [0.3, 0.4) is 0 Å². The van der Waals surface area contributed by atoms with Gasteiger partial charge in [-0.15, -0.1) is 0 Å². The number of amides is 2. The van der Waals surface area contributed by atoms with Crippen molar-refractivity contribution in [3.8, 4) is 0 Å². The number of likely N-dealkylation sites (tertiary alicyclic amines) is 2. The zero-order valence-electron chi connectivity index (χ0n) is 15.7. The lowest BCUT2D eigenvalue weighted by Crippen LogP contribution is -2.48. The third-order valence-corrected chi connectivity index (χ3v) is 5.76. The van der Waals surface area contributed by atoms with E-state index in [1.807, 2.05) is 23.6 Å². The van der Waals surface area contributed by atoms with Crippen LogP contribution in [0, 0.1) is 11.8 Å². The average molecular weight is 348 g/mol. The Balaban J connectivity index is 1.39. The summed E-state index contributed by atoms with van der Waals surface area (Å²) in [6.07, 6.45) is 10.4. The third-order valence-electron chi connectivity index (χ3n) is 5.76. The topological polar surface area (TPSA) is 53.4 Å². The number of rotatable bonds is 5. The fourth-order valence-corrected chi connectivity index (χ4v) is 4.11. The molecule has 2 aliphatic heterocycles. The normalized spacial score (nSPS) is 23.2. The molecule has 3 heterocycles. The molecular weight excluding hydrogens is 314 g/mol. The molecule has 0 radical (unpaired) electrons. The number of hydrogen-bond donors (Lipinski definition) is 1. The highest BCUT2D eigenvalue weighted by Gasteiger charge is 2.25. The summed E-state index contributed by atoms with van der Waals surface area (Å²) in [7, 11) is 0. The molecule has 0 aliphatic carbocycles. The van der Waals surface area contributed by atoms with Crippen LogP contribution < -0.4 is 5.32 Å². The monoisotopic (exact) mass is 347 g/mol. The smallest absolute Gasteiger partial charge is 0.317 e. The number of nitrogens with one attached hydrogen (secondary N) is 1. The molecule has 2 saturated heterocycles. The van der Waals surface area contributed by atoms with Crippen LogP contribution in [0.4, 0.5) is 4.79 Å². The Morgan fingerprint density at radius 2 is 2.00 bits per heavy atom. The summed E-state index contributed by atoms with van der Waals surface area (Å²) < 4.78 is 2.12. The minimum Gasteiger partial charge on any atom is -0.338 e. The SMILES string of the molecule is CC(C)N1CCC(CNC(=O)N2CCC[C@H](Cn3ccnc3)C2)CC1. The summed E-state index contributed by atoms with van der Waals surface area (Å²) in [4.78, 5) is 21.2. The van der Waals surface area contributed by atoms with Gasteiger partial charge in [0.2, 0.25) is 0 Å². The number of imidazole rings is 1. The van der Waals surface area contributed by atoms with Gasteiger partial charge in [0.15, 0.2) is 0 Å². The summed E-state index contributed by atoms with van der Waals surface area (Å²) in [5.74, 6) is 1.16. The number of urea groups is 1. The maximum Gasteiger partial charge on any atom is 0.317 e. The highest BCUT2D eigenvalue weighted by atomic mass is 16.2.